The number of hydrogen-bond acceptors (Lipinski definition) is 1. The monoisotopic (exact) mass is 147 g/mol. The lowest BCUT2D eigenvalue weighted by molar-refractivity contribution is 0.860. The third-order valence-corrected chi connectivity index (χ3v) is 1.73. The first-order chi connectivity index (χ1) is 5.25. The van der Waals surface area contributed by atoms with Crippen LogP contribution in [0.15, 0.2) is 25.0 Å². The molecule has 0 aromatic carbocycles. The minimum Gasteiger partial charge on any atom is -0.264 e. The molecule has 58 valence electrons. The van der Waals surface area contributed by atoms with E-state index in [1.807, 2.05) is 24.5 Å². The third-order valence-electron chi connectivity index (χ3n) is 1.73. The van der Waals surface area contributed by atoms with Crippen LogP contribution in [0.5, 0.6) is 0 Å². The molecule has 1 heterocycles. The van der Waals surface area contributed by atoms with Gasteiger partial charge >= 0.3 is 0 Å². The van der Waals surface area contributed by atoms with Crippen molar-refractivity contribution in [3.05, 3.63) is 36.2 Å². The first-order valence-electron chi connectivity index (χ1n) is 3.82. The smallest absolute Gasteiger partial charge is 0.0342 e. The van der Waals surface area contributed by atoms with Crippen molar-refractivity contribution in [1.82, 2.24) is 4.98 Å². The molecule has 1 heteroatoms. The van der Waals surface area contributed by atoms with Crippen molar-refractivity contribution in [2.24, 2.45) is 0 Å². The van der Waals surface area contributed by atoms with Gasteiger partial charge in [-0.25, -0.2) is 0 Å². The molecule has 0 aliphatic rings. The highest BCUT2D eigenvalue weighted by Gasteiger charge is 2.01. The fourth-order valence-corrected chi connectivity index (χ4v) is 1.11. The van der Waals surface area contributed by atoms with E-state index in [-0.39, 0.29) is 0 Å². The van der Waals surface area contributed by atoms with Gasteiger partial charge in [0.15, 0.2) is 0 Å². The van der Waals surface area contributed by atoms with Gasteiger partial charge in [-0.05, 0) is 23.1 Å². The van der Waals surface area contributed by atoms with Gasteiger partial charge in [-0.15, -0.1) is 0 Å². The van der Waals surface area contributed by atoms with Gasteiger partial charge in [0.25, 0.3) is 0 Å². The van der Waals surface area contributed by atoms with Gasteiger partial charge in [0, 0.05) is 12.4 Å². The molecular weight excluding hydrogens is 134 g/mol. The zero-order valence-electron chi connectivity index (χ0n) is 7.04. The molecule has 0 amide bonds. The van der Waals surface area contributed by atoms with Crippen molar-refractivity contribution >= 4 is 6.08 Å². The van der Waals surface area contributed by atoms with Gasteiger partial charge in [-0.1, -0.05) is 26.5 Å². The second kappa shape index (κ2) is 3.33. The summed E-state index contributed by atoms with van der Waals surface area (Å²) in [6.45, 7) is 8.07. The van der Waals surface area contributed by atoms with Crippen LogP contribution in [-0.2, 0) is 0 Å². The van der Waals surface area contributed by atoms with Crippen molar-refractivity contribution in [3.63, 3.8) is 0 Å². The average molecular weight is 147 g/mol. The normalized spacial score (nSPS) is 10.1. The summed E-state index contributed by atoms with van der Waals surface area (Å²) >= 11 is 0. The standard InChI is InChI=1S/C10H13N/c1-4-9-7-11-6-5-10(9)8(2)3/h4-8H,1H2,2-3H3. The van der Waals surface area contributed by atoms with E-state index >= 15 is 0 Å². The fraction of sp³-hybridized carbons (Fsp3) is 0.300. The Balaban J connectivity index is 3.12. The molecule has 1 aromatic heterocycles. The van der Waals surface area contributed by atoms with Gasteiger partial charge in [0.1, 0.15) is 0 Å². The quantitative estimate of drug-likeness (QED) is 0.626. The predicted molar refractivity (Wildman–Crippen MR) is 48.4 cm³/mol. The van der Waals surface area contributed by atoms with Gasteiger partial charge in [-0.2, -0.15) is 0 Å². The van der Waals surface area contributed by atoms with Crippen LogP contribution in [0.25, 0.3) is 6.08 Å². The zero-order chi connectivity index (χ0) is 8.27. The summed E-state index contributed by atoms with van der Waals surface area (Å²) in [5.41, 5.74) is 2.46. The summed E-state index contributed by atoms with van der Waals surface area (Å²) in [5, 5.41) is 0. The Labute approximate surface area is 67.8 Å². The largest absolute Gasteiger partial charge is 0.264 e. The summed E-state index contributed by atoms with van der Waals surface area (Å²) in [6, 6.07) is 2.04. The fourth-order valence-electron chi connectivity index (χ4n) is 1.11. The Kier molecular flexibility index (Phi) is 2.42. The van der Waals surface area contributed by atoms with E-state index in [1.54, 1.807) is 0 Å². The van der Waals surface area contributed by atoms with Crippen LogP contribution >= 0.6 is 0 Å². The molecule has 0 atom stereocenters. The number of rotatable bonds is 2. The minimum absolute atomic E-state index is 0.547. The molecule has 0 fully saturated rings. The molecule has 1 aromatic rings. The lowest BCUT2D eigenvalue weighted by atomic mass is 10.00. The van der Waals surface area contributed by atoms with E-state index in [4.69, 9.17) is 0 Å². The highest BCUT2D eigenvalue weighted by Crippen LogP contribution is 2.18. The maximum atomic E-state index is 4.03. The second-order valence-corrected chi connectivity index (χ2v) is 2.86. The number of hydrogen-bond donors (Lipinski definition) is 0. The Morgan fingerprint density at radius 2 is 2.27 bits per heavy atom. The molecule has 1 rings (SSSR count). The molecule has 0 aliphatic carbocycles. The van der Waals surface area contributed by atoms with Gasteiger partial charge in [0.2, 0.25) is 0 Å². The zero-order valence-corrected chi connectivity index (χ0v) is 7.04. The van der Waals surface area contributed by atoms with E-state index < -0.39 is 0 Å². The van der Waals surface area contributed by atoms with Crippen LogP contribution in [0.2, 0.25) is 0 Å². The highest BCUT2D eigenvalue weighted by molar-refractivity contribution is 5.51. The second-order valence-electron chi connectivity index (χ2n) is 2.86. The maximum absolute atomic E-state index is 4.03. The van der Waals surface area contributed by atoms with Gasteiger partial charge in [0.05, 0.1) is 0 Å². The Hall–Kier alpha value is -1.11. The summed E-state index contributed by atoms with van der Waals surface area (Å²) < 4.78 is 0. The van der Waals surface area contributed by atoms with Crippen molar-refractivity contribution in [3.8, 4) is 0 Å². The van der Waals surface area contributed by atoms with Crippen LogP contribution < -0.4 is 0 Å². The summed E-state index contributed by atoms with van der Waals surface area (Å²) in [7, 11) is 0. The number of nitrogens with zero attached hydrogens (tertiary/aromatic N) is 1. The van der Waals surface area contributed by atoms with E-state index in [0.717, 1.165) is 5.56 Å². The number of pyridine rings is 1. The topological polar surface area (TPSA) is 12.9 Å². The Morgan fingerprint density at radius 1 is 1.55 bits per heavy atom. The number of aromatic nitrogens is 1. The predicted octanol–water partition coefficient (Wildman–Crippen LogP) is 2.85. The summed E-state index contributed by atoms with van der Waals surface area (Å²) in [6.07, 6.45) is 5.52. The van der Waals surface area contributed by atoms with Gasteiger partial charge in [-0.3, -0.25) is 4.98 Å². The highest BCUT2D eigenvalue weighted by atomic mass is 14.6. The Bertz CT molecular complexity index is 251. The van der Waals surface area contributed by atoms with Crippen LogP contribution in [-0.4, -0.2) is 4.98 Å². The average Bonchev–Trinajstić information content (AvgIpc) is 2.04. The van der Waals surface area contributed by atoms with Crippen molar-refractivity contribution in [1.29, 1.82) is 0 Å². The minimum atomic E-state index is 0.547. The first kappa shape index (κ1) is 7.99. The maximum Gasteiger partial charge on any atom is 0.0342 e. The van der Waals surface area contributed by atoms with Crippen molar-refractivity contribution in [2.75, 3.05) is 0 Å². The molecular formula is C10H13N. The first-order valence-corrected chi connectivity index (χ1v) is 3.82. The van der Waals surface area contributed by atoms with Crippen LogP contribution in [0.4, 0.5) is 0 Å². The third kappa shape index (κ3) is 1.67. The molecule has 0 bridgehead atoms. The molecule has 0 saturated carbocycles. The lowest BCUT2D eigenvalue weighted by Crippen LogP contribution is -1.91. The summed E-state index contributed by atoms with van der Waals surface area (Å²) in [5.74, 6) is 0.547. The Morgan fingerprint density at radius 3 is 2.73 bits per heavy atom. The molecule has 1 nitrogen and oxygen atoms in total. The molecule has 0 radical (unpaired) electrons. The van der Waals surface area contributed by atoms with E-state index in [2.05, 4.69) is 25.4 Å². The van der Waals surface area contributed by atoms with Crippen LogP contribution in [0.3, 0.4) is 0 Å². The lowest BCUT2D eigenvalue weighted by Gasteiger charge is -2.07. The molecule has 0 spiro atoms. The van der Waals surface area contributed by atoms with Crippen LogP contribution in [0.1, 0.15) is 30.9 Å². The van der Waals surface area contributed by atoms with Crippen molar-refractivity contribution in [2.45, 2.75) is 19.8 Å². The molecule has 0 saturated heterocycles. The van der Waals surface area contributed by atoms with Gasteiger partial charge < -0.3 is 0 Å². The van der Waals surface area contributed by atoms with E-state index in [9.17, 15) is 0 Å². The SMILES string of the molecule is C=Cc1cnccc1C(C)C. The summed E-state index contributed by atoms with van der Waals surface area (Å²) in [4.78, 5) is 4.03. The van der Waals surface area contributed by atoms with Crippen LogP contribution in [0, 0.1) is 0 Å². The molecule has 0 aliphatic heterocycles. The van der Waals surface area contributed by atoms with E-state index in [1.165, 1.54) is 5.56 Å². The molecule has 0 N–H and O–H groups in total. The van der Waals surface area contributed by atoms with Crippen molar-refractivity contribution < 1.29 is 0 Å². The van der Waals surface area contributed by atoms with E-state index in [0.29, 0.717) is 5.92 Å². The molecule has 0 unspecified atom stereocenters. The molecule has 11 heavy (non-hydrogen) atoms.